The molecule has 3 rings (SSSR count). The summed E-state index contributed by atoms with van der Waals surface area (Å²) < 4.78 is 28.1. The Bertz CT molecular complexity index is 908. The van der Waals surface area contributed by atoms with Crippen molar-refractivity contribution in [3.63, 3.8) is 0 Å². The number of rotatable bonds is 7. The zero-order valence-corrected chi connectivity index (χ0v) is 16.8. The van der Waals surface area contributed by atoms with E-state index in [-0.39, 0.29) is 16.8 Å². The van der Waals surface area contributed by atoms with Gasteiger partial charge in [0, 0.05) is 13.0 Å². The van der Waals surface area contributed by atoms with Crippen LogP contribution >= 0.6 is 0 Å². The average Bonchev–Trinajstić information content (AvgIpc) is 3.16. The van der Waals surface area contributed by atoms with E-state index in [0.717, 1.165) is 36.3 Å². The minimum absolute atomic E-state index is 0.0812. The average molecular weight is 403 g/mol. The fourth-order valence-corrected chi connectivity index (χ4v) is 4.12. The summed E-state index contributed by atoms with van der Waals surface area (Å²) in [4.78, 5) is 14.8. The molecule has 0 bridgehead atoms. The molecule has 1 aliphatic heterocycles. The third-order valence-electron chi connectivity index (χ3n) is 5.03. The molecule has 0 radical (unpaired) electrons. The van der Waals surface area contributed by atoms with Crippen LogP contribution in [0.25, 0.3) is 0 Å². The van der Waals surface area contributed by atoms with Crippen LogP contribution in [-0.2, 0) is 21.2 Å². The van der Waals surface area contributed by atoms with Crippen LogP contribution < -0.4 is 9.88 Å². The molecule has 1 amide bonds. The van der Waals surface area contributed by atoms with Gasteiger partial charge in [-0.1, -0.05) is 24.3 Å². The van der Waals surface area contributed by atoms with Crippen LogP contribution in [0.5, 0.6) is 5.75 Å². The maximum atomic E-state index is 12.8. The number of benzene rings is 2. The number of nitrogens with two attached hydrogens (primary N) is 1. The Morgan fingerprint density at radius 1 is 1.14 bits per heavy atom. The summed E-state index contributed by atoms with van der Waals surface area (Å²) in [6.07, 6.45) is 2.91. The van der Waals surface area contributed by atoms with Gasteiger partial charge in [0.15, 0.2) is 0 Å². The summed E-state index contributed by atoms with van der Waals surface area (Å²) >= 11 is 0. The molecule has 1 aliphatic rings. The van der Waals surface area contributed by atoms with E-state index in [1.807, 2.05) is 36.1 Å². The molecule has 0 aliphatic carbocycles. The highest BCUT2D eigenvalue weighted by molar-refractivity contribution is 7.89. The first-order valence-electron chi connectivity index (χ1n) is 9.52. The molecule has 2 N–H and O–H groups in total. The minimum atomic E-state index is -3.69. The number of ether oxygens (including phenoxy) is 1. The molecule has 7 heteroatoms. The van der Waals surface area contributed by atoms with Crippen LogP contribution in [0.3, 0.4) is 0 Å². The molecule has 0 saturated carbocycles. The molecule has 6 nitrogen and oxygen atoms in total. The van der Waals surface area contributed by atoms with Crippen molar-refractivity contribution in [2.24, 2.45) is 5.14 Å². The topological polar surface area (TPSA) is 89.7 Å². The fourth-order valence-electron chi connectivity index (χ4n) is 3.61. The van der Waals surface area contributed by atoms with E-state index in [1.165, 1.54) is 12.1 Å². The Morgan fingerprint density at radius 2 is 1.82 bits per heavy atom. The molecule has 0 spiro atoms. The van der Waals surface area contributed by atoms with Crippen molar-refractivity contribution in [3.8, 4) is 5.75 Å². The standard InChI is InChI=1S/C21H26N2O4S/c1-2-27-18-10-8-17(9-11-18)20-4-3-15-23(20)21(24)14-7-16-5-12-19(13-6-16)28(22,25)26/h5-6,8-13,20H,2-4,7,14-15H2,1H3,(H2,22,25,26). The second-order valence-corrected chi connectivity index (χ2v) is 8.50. The van der Waals surface area contributed by atoms with Gasteiger partial charge >= 0.3 is 0 Å². The zero-order chi connectivity index (χ0) is 20.1. The number of hydrogen-bond acceptors (Lipinski definition) is 4. The molecule has 1 atom stereocenters. The number of carbonyl (C=O) groups is 1. The smallest absolute Gasteiger partial charge is 0.238 e. The molecule has 1 unspecified atom stereocenters. The predicted octanol–water partition coefficient (Wildman–Crippen LogP) is 3.03. The van der Waals surface area contributed by atoms with Crippen molar-refractivity contribution in [1.82, 2.24) is 4.90 Å². The summed E-state index contributed by atoms with van der Waals surface area (Å²) in [6, 6.07) is 14.5. The Hall–Kier alpha value is -2.38. The third-order valence-corrected chi connectivity index (χ3v) is 5.96. The van der Waals surface area contributed by atoms with Crippen LogP contribution in [0.2, 0.25) is 0 Å². The van der Waals surface area contributed by atoms with E-state index in [1.54, 1.807) is 12.1 Å². The normalized spacial score (nSPS) is 16.9. The number of amides is 1. The van der Waals surface area contributed by atoms with Gasteiger partial charge in [0.1, 0.15) is 5.75 Å². The monoisotopic (exact) mass is 402 g/mol. The number of carbonyl (C=O) groups excluding carboxylic acids is 1. The number of primary sulfonamides is 1. The molecule has 1 saturated heterocycles. The van der Waals surface area contributed by atoms with Gasteiger partial charge in [0.05, 0.1) is 17.5 Å². The highest BCUT2D eigenvalue weighted by atomic mass is 32.2. The van der Waals surface area contributed by atoms with Gasteiger partial charge in [-0.25, -0.2) is 13.6 Å². The second-order valence-electron chi connectivity index (χ2n) is 6.94. The number of likely N-dealkylation sites (tertiary alicyclic amines) is 1. The lowest BCUT2D eigenvalue weighted by atomic mass is 10.0. The van der Waals surface area contributed by atoms with Gasteiger partial charge in [-0.15, -0.1) is 0 Å². The maximum absolute atomic E-state index is 12.8. The van der Waals surface area contributed by atoms with E-state index in [0.29, 0.717) is 19.4 Å². The Kier molecular flexibility index (Phi) is 6.36. The van der Waals surface area contributed by atoms with Gasteiger partial charge < -0.3 is 9.64 Å². The molecule has 1 fully saturated rings. The number of sulfonamides is 1. The second kappa shape index (κ2) is 8.75. The number of nitrogens with zero attached hydrogens (tertiary/aromatic N) is 1. The molecular weight excluding hydrogens is 376 g/mol. The molecule has 1 heterocycles. The van der Waals surface area contributed by atoms with Crippen molar-refractivity contribution in [1.29, 1.82) is 0 Å². The summed E-state index contributed by atoms with van der Waals surface area (Å²) in [5, 5.41) is 5.11. The van der Waals surface area contributed by atoms with Gasteiger partial charge in [-0.3, -0.25) is 4.79 Å². The molecule has 150 valence electrons. The third kappa shape index (κ3) is 4.91. The first kappa shape index (κ1) is 20.4. The minimum Gasteiger partial charge on any atom is -0.494 e. The molecule has 2 aromatic carbocycles. The summed E-state index contributed by atoms with van der Waals surface area (Å²) in [5.74, 6) is 0.956. The van der Waals surface area contributed by atoms with Crippen LogP contribution in [0.1, 0.15) is 43.4 Å². The van der Waals surface area contributed by atoms with Crippen LogP contribution in [0.15, 0.2) is 53.4 Å². The highest BCUT2D eigenvalue weighted by Crippen LogP contribution is 2.33. The van der Waals surface area contributed by atoms with Crippen molar-refractivity contribution in [2.75, 3.05) is 13.2 Å². The largest absolute Gasteiger partial charge is 0.494 e. The number of hydrogen-bond donors (Lipinski definition) is 1. The number of aryl methyl sites for hydroxylation is 1. The van der Waals surface area contributed by atoms with Crippen molar-refractivity contribution >= 4 is 15.9 Å². The summed E-state index contributed by atoms with van der Waals surface area (Å²) in [7, 11) is -3.69. The summed E-state index contributed by atoms with van der Waals surface area (Å²) in [5.41, 5.74) is 2.05. The lowest BCUT2D eigenvalue weighted by Gasteiger charge is -2.25. The Morgan fingerprint density at radius 3 is 2.43 bits per heavy atom. The van der Waals surface area contributed by atoms with Gasteiger partial charge in [-0.2, -0.15) is 0 Å². The van der Waals surface area contributed by atoms with E-state index < -0.39 is 10.0 Å². The molecule has 2 aromatic rings. The van der Waals surface area contributed by atoms with Gasteiger partial charge in [0.25, 0.3) is 0 Å². The Labute approximate surface area is 166 Å². The Balaban J connectivity index is 1.61. The van der Waals surface area contributed by atoms with Crippen molar-refractivity contribution in [3.05, 3.63) is 59.7 Å². The van der Waals surface area contributed by atoms with Crippen LogP contribution in [0.4, 0.5) is 0 Å². The first-order valence-corrected chi connectivity index (χ1v) is 11.1. The lowest BCUT2D eigenvalue weighted by Crippen LogP contribution is -2.30. The lowest BCUT2D eigenvalue weighted by molar-refractivity contribution is -0.132. The van der Waals surface area contributed by atoms with E-state index in [4.69, 9.17) is 9.88 Å². The zero-order valence-electron chi connectivity index (χ0n) is 16.0. The SMILES string of the molecule is CCOc1ccc(C2CCCN2C(=O)CCc2ccc(S(N)(=O)=O)cc2)cc1. The quantitative estimate of drug-likeness (QED) is 0.771. The van der Waals surface area contributed by atoms with Crippen LogP contribution in [-0.4, -0.2) is 32.4 Å². The predicted molar refractivity (Wildman–Crippen MR) is 107 cm³/mol. The molecule has 28 heavy (non-hydrogen) atoms. The highest BCUT2D eigenvalue weighted by Gasteiger charge is 2.29. The maximum Gasteiger partial charge on any atom is 0.238 e. The first-order chi connectivity index (χ1) is 13.4. The van der Waals surface area contributed by atoms with Gasteiger partial charge in [-0.05, 0) is 61.6 Å². The van der Waals surface area contributed by atoms with E-state index in [9.17, 15) is 13.2 Å². The van der Waals surface area contributed by atoms with E-state index >= 15 is 0 Å². The van der Waals surface area contributed by atoms with E-state index in [2.05, 4.69) is 0 Å². The van der Waals surface area contributed by atoms with Gasteiger partial charge in [0.2, 0.25) is 15.9 Å². The van der Waals surface area contributed by atoms with Crippen molar-refractivity contribution in [2.45, 2.75) is 43.5 Å². The molecular formula is C21H26N2O4S. The molecule has 0 aromatic heterocycles. The van der Waals surface area contributed by atoms with Crippen molar-refractivity contribution < 1.29 is 17.9 Å². The fraction of sp³-hybridized carbons (Fsp3) is 0.381. The van der Waals surface area contributed by atoms with Crippen LogP contribution in [0, 0.1) is 0 Å². The summed E-state index contributed by atoms with van der Waals surface area (Å²) in [6.45, 7) is 3.35.